The van der Waals surface area contributed by atoms with Crippen LogP contribution in [0.2, 0.25) is 0 Å². The van der Waals surface area contributed by atoms with Gasteiger partial charge in [-0.25, -0.2) is 0 Å². The molecular weight excluding hydrogens is 231 g/mol. The zero-order chi connectivity index (χ0) is 13.3. The average Bonchev–Trinajstić information content (AvgIpc) is 2.16. The lowest BCUT2D eigenvalue weighted by Crippen LogP contribution is -2.36. The number of hydrogen-bond donors (Lipinski definition) is 1. The maximum absolute atomic E-state index is 11.9. The molecule has 0 aliphatic carbocycles. The molecule has 0 heterocycles. The van der Waals surface area contributed by atoms with Gasteiger partial charge in [-0.2, -0.15) is 13.2 Å². The molecule has 0 saturated heterocycles. The molecular formula is C12H24F3NO. The Bertz CT molecular complexity index is 185. The van der Waals surface area contributed by atoms with E-state index in [1.165, 1.54) is 0 Å². The van der Waals surface area contributed by atoms with E-state index in [4.69, 9.17) is 4.74 Å². The number of alkyl halides is 3. The van der Waals surface area contributed by atoms with Crippen LogP contribution in [0.25, 0.3) is 0 Å². The second-order valence-corrected chi connectivity index (χ2v) is 4.51. The molecule has 0 saturated carbocycles. The van der Waals surface area contributed by atoms with E-state index in [-0.39, 0.29) is 12.6 Å². The molecule has 2 unspecified atom stereocenters. The smallest absolute Gasteiger partial charge is 0.370 e. The number of rotatable bonds is 9. The molecule has 0 bridgehead atoms. The standard InChI is InChI=1S/C12H24F3NO/c1-4-6-10(3)7-11(16-5-2)8-17-9-12(13,14)15/h10-11,16H,4-9H2,1-3H3. The summed E-state index contributed by atoms with van der Waals surface area (Å²) in [6, 6.07) is 0.0175. The summed E-state index contributed by atoms with van der Waals surface area (Å²) < 4.78 is 40.5. The van der Waals surface area contributed by atoms with Gasteiger partial charge in [-0.15, -0.1) is 0 Å². The molecule has 0 spiro atoms. The van der Waals surface area contributed by atoms with Crippen molar-refractivity contribution in [2.24, 2.45) is 5.92 Å². The van der Waals surface area contributed by atoms with Gasteiger partial charge in [0.2, 0.25) is 0 Å². The normalized spacial score (nSPS) is 15.9. The molecule has 0 aliphatic rings. The van der Waals surface area contributed by atoms with Crippen molar-refractivity contribution in [2.45, 2.75) is 52.3 Å². The summed E-state index contributed by atoms with van der Waals surface area (Å²) in [6.45, 7) is 5.90. The van der Waals surface area contributed by atoms with Crippen molar-refractivity contribution in [3.63, 3.8) is 0 Å². The third-order valence-electron chi connectivity index (χ3n) is 2.55. The predicted molar refractivity (Wildman–Crippen MR) is 63.0 cm³/mol. The summed E-state index contributed by atoms with van der Waals surface area (Å²) in [6.07, 6.45) is -1.17. The molecule has 104 valence electrons. The summed E-state index contributed by atoms with van der Waals surface area (Å²) in [4.78, 5) is 0. The number of halogens is 3. The molecule has 0 radical (unpaired) electrons. The monoisotopic (exact) mass is 255 g/mol. The van der Waals surface area contributed by atoms with Gasteiger partial charge in [0.05, 0.1) is 6.61 Å². The topological polar surface area (TPSA) is 21.3 Å². The summed E-state index contributed by atoms with van der Waals surface area (Å²) in [7, 11) is 0. The van der Waals surface area contributed by atoms with Crippen LogP contribution in [0.5, 0.6) is 0 Å². The second kappa shape index (κ2) is 8.75. The van der Waals surface area contributed by atoms with Crippen molar-refractivity contribution >= 4 is 0 Å². The van der Waals surface area contributed by atoms with Crippen molar-refractivity contribution in [3.05, 3.63) is 0 Å². The molecule has 0 rings (SSSR count). The Balaban J connectivity index is 3.89. The highest BCUT2D eigenvalue weighted by Gasteiger charge is 2.28. The lowest BCUT2D eigenvalue weighted by atomic mass is 9.97. The molecule has 0 aliphatic heterocycles. The van der Waals surface area contributed by atoms with E-state index in [2.05, 4.69) is 19.2 Å². The highest BCUT2D eigenvalue weighted by molar-refractivity contribution is 4.69. The van der Waals surface area contributed by atoms with Gasteiger partial charge in [-0.1, -0.05) is 33.6 Å². The Morgan fingerprint density at radius 3 is 2.35 bits per heavy atom. The minimum Gasteiger partial charge on any atom is -0.370 e. The van der Waals surface area contributed by atoms with Gasteiger partial charge < -0.3 is 10.1 Å². The van der Waals surface area contributed by atoms with E-state index < -0.39 is 12.8 Å². The molecule has 17 heavy (non-hydrogen) atoms. The van der Waals surface area contributed by atoms with Crippen LogP contribution in [0.3, 0.4) is 0 Å². The van der Waals surface area contributed by atoms with Gasteiger partial charge in [0.1, 0.15) is 6.61 Å². The SMILES string of the molecule is CCCC(C)CC(COCC(F)(F)F)NCC. The molecule has 0 aromatic heterocycles. The lowest BCUT2D eigenvalue weighted by Gasteiger charge is -2.22. The van der Waals surface area contributed by atoms with E-state index in [9.17, 15) is 13.2 Å². The zero-order valence-electron chi connectivity index (χ0n) is 10.9. The molecule has 0 fully saturated rings. The van der Waals surface area contributed by atoms with Crippen LogP contribution in [-0.2, 0) is 4.74 Å². The Hall–Kier alpha value is -0.290. The van der Waals surface area contributed by atoms with E-state index in [0.717, 1.165) is 25.8 Å². The largest absolute Gasteiger partial charge is 0.411 e. The third-order valence-corrected chi connectivity index (χ3v) is 2.55. The first kappa shape index (κ1) is 16.7. The Labute approximate surface area is 102 Å². The van der Waals surface area contributed by atoms with Gasteiger partial charge in [0, 0.05) is 6.04 Å². The number of ether oxygens (including phenoxy) is 1. The van der Waals surface area contributed by atoms with Crippen molar-refractivity contribution in [1.82, 2.24) is 5.32 Å². The van der Waals surface area contributed by atoms with Gasteiger partial charge in [-0.05, 0) is 18.9 Å². The average molecular weight is 255 g/mol. The van der Waals surface area contributed by atoms with Crippen molar-refractivity contribution in [1.29, 1.82) is 0 Å². The van der Waals surface area contributed by atoms with Crippen LogP contribution < -0.4 is 5.32 Å². The Morgan fingerprint density at radius 1 is 1.24 bits per heavy atom. The summed E-state index contributed by atoms with van der Waals surface area (Å²) in [5.41, 5.74) is 0. The maximum atomic E-state index is 11.9. The summed E-state index contributed by atoms with van der Waals surface area (Å²) in [5.74, 6) is 0.513. The first-order chi connectivity index (χ1) is 7.89. The molecule has 2 nitrogen and oxygen atoms in total. The highest BCUT2D eigenvalue weighted by Crippen LogP contribution is 2.16. The van der Waals surface area contributed by atoms with Crippen LogP contribution in [0.1, 0.15) is 40.0 Å². The van der Waals surface area contributed by atoms with Crippen molar-refractivity contribution < 1.29 is 17.9 Å². The molecule has 2 atom stereocenters. The van der Waals surface area contributed by atoms with Gasteiger partial charge in [-0.3, -0.25) is 0 Å². The minimum atomic E-state index is -4.23. The summed E-state index contributed by atoms with van der Waals surface area (Å²) in [5, 5.41) is 3.17. The zero-order valence-corrected chi connectivity index (χ0v) is 10.9. The molecule has 0 aromatic carbocycles. The number of nitrogens with one attached hydrogen (secondary N) is 1. The molecule has 5 heteroatoms. The van der Waals surface area contributed by atoms with Crippen LogP contribution >= 0.6 is 0 Å². The molecule has 1 N–H and O–H groups in total. The Kier molecular flexibility index (Phi) is 8.60. The lowest BCUT2D eigenvalue weighted by molar-refractivity contribution is -0.175. The first-order valence-electron chi connectivity index (χ1n) is 6.26. The van der Waals surface area contributed by atoms with Crippen LogP contribution in [-0.4, -0.2) is 32.0 Å². The van der Waals surface area contributed by atoms with Crippen LogP contribution in [0, 0.1) is 5.92 Å². The summed E-state index contributed by atoms with van der Waals surface area (Å²) >= 11 is 0. The van der Waals surface area contributed by atoms with Gasteiger partial charge in [0.15, 0.2) is 0 Å². The fourth-order valence-corrected chi connectivity index (χ4v) is 1.91. The van der Waals surface area contributed by atoms with E-state index in [0.29, 0.717) is 5.92 Å². The number of hydrogen-bond acceptors (Lipinski definition) is 2. The van der Waals surface area contributed by atoms with E-state index in [1.54, 1.807) is 0 Å². The Morgan fingerprint density at radius 2 is 1.88 bits per heavy atom. The van der Waals surface area contributed by atoms with Crippen LogP contribution in [0.4, 0.5) is 13.2 Å². The van der Waals surface area contributed by atoms with Crippen LogP contribution in [0.15, 0.2) is 0 Å². The number of likely N-dealkylation sites (N-methyl/N-ethyl adjacent to an activating group) is 1. The maximum Gasteiger partial charge on any atom is 0.411 e. The minimum absolute atomic E-state index is 0.0175. The van der Waals surface area contributed by atoms with E-state index in [1.807, 2.05) is 6.92 Å². The second-order valence-electron chi connectivity index (χ2n) is 4.51. The predicted octanol–water partition coefficient (Wildman–Crippen LogP) is 3.37. The molecule has 0 aromatic rings. The fraction of sp³-hybridized carbons (Fsp3) is 1.00. The molecule has 0 amide bonds. The van der Waals surface area contributed by atoms with Crippen molar-refractivity contribution in [3.8, 4) is 0 Å². The van der Waals surface area contributed by atoms with Gasteiger partial charge >= 0.3 is 6.18 Å². The fourth-order valence-electron chi connectivity index (χ4n) is 1.91. The first-order valence-corrected chi connectivity index (χ1v) is 6.26. The van der Waals surface area contributed by atoms with E-state index >= 15 is 0 Å². The highest BCUT2D eigenvalue weighted by atomic mass is 19.4. The quantitative estimate of drug-likeness (QED) is 0.682. The van der Waals surface area contributed by atoms with Gasteiger partial charge in [0.25, 0.3) is 0 Å². The third kappa shape index (κ3) is 10.6. The van der Waals surface area contributed by atoms with Crippen molar-refractivity contribution in [2.75, 3.05) is 19.8 Å².